The van der Waals surface area contributed by atoms with Crippen molar-refractivity contribution in [3.05, 3.63) is 48.0 Å². The molecule has 5 rings (SSSR count). The van der Waals surface area contributed by atoms with Crippen LogP contribution in [0.3, 0.4) is 0 Å². The maximum absolute atomic E-state index is 13.4. The zero-order valence-corrected chi connectivity index (χ0v) is 22.3. The lowest BCUT2D eigenvalue weighted by molar-refractivity contribution is -0.0503. The zero-order valence-electron chi connectivity index (χ0n) is 20.7. The summed E-state index contributed by atoms with van der Waals surface area (Å²) in [7, 11) is -3.62. The van der Waals surface area contributed by atoms with Gasteiger partial charge >= 0.3 is 6.61 Å². The molecule has 1 aromatic heterocycles. The van der Waals surface area contributed by atoms with Crippen LogP contribution in [0.5, 0.6) is 5.75 Å². The maximum atomic E-state index is 13.4. The molecule has 0 unspecified atom stereocenters. The number of alkyl halides is 2. The van der Waals surface area contributed by atoms with Gasteiger partial charge in [0.05, 0.1) is 28.6 Å². The molecule has 37 heavy (non-hydrogen) atoms. The van der Waals surface area contributed by atoms with E-state index in [0.29, 0.717) is 47.5 Å². The van der Waals surface area contributed by atoms with Gasteiger partial charge in [-0.2, -0.15) is 13.1 Å². The van der Waals surface area contributed by atoms with Crippen LogP contribution in [0.4, 0.5) is 8.78 Å². The minimum atomic E-state index is -3.62. The van der Waals surface area contributed by atoms with Gasteiger partial charge in [-0.25, -0.2) is 13.4 Å². The van der Waals surface area contributed by atoms with Gasteiger partial charge in [-0.1, -0.05) is 36.9 Å². The molecule has 2 fully saturated rings. The van der Waals surface area contributed by atoms with Crippen molar-refractivity contribution in [2.45, 2.75) is 67.7 Å². The molecule has 2 aliphatic rings. The number of fused-ring (bicyclic) bond motifs is 1. The van der Waals surface area contributed by atoms with Crippen LogP contribution in [0.1, 0.15) is 38.2 Å². The summed E-state index contributed by atoms with van der Waals surface area (Å²) < 4.78 is 66.7. The number of hydrogen-bond donors (Lipinski definition) is 0. The summed E-state index contributed by atoms with van der Waals surface area (Å²) in [5.74, 6) is 0.836. The van der Waals surface area contributed by atoms with E-state index in [-0.39, 0.29) is 16.7 Å². The van der Waals surface area contributed by atoms with E-state index in [0.717, 1.165) is 37.8 Å². The van der Waals surface area contributed by atoms with Gasteiger partial charge in [0.15, 0.2) is 5.16 Å². The largest absolute Gasteiger partial charge is 0.435 e. The Bertz CT molecular complexity index is 1340. The summed E-state index contributed by atoms with van der Waals surface area (Å²) in [6.45, 7) is 1.52. The normalized spacial score (nSPS) is 21.2. The minimum Gasteiger partial charge on any atom is -0.435 e. The third-order valence-corrected chi connectivity index (χ3v) is 9.78. The molecule has 0 bridgehead atoms. The van der Waals surface area contributed by atoms with Crippen molar-refractivity contribution in [3.8, 4) is 5.75 Å². The van der Waals surface area contributed by atoms with Gasteiger partial charge in [-0.05, 0) is 55.9 Å². The molecule has 0 spiro atoms. The Balaban J connectivity index is 1.46. The number of aromatic nitrogens is 2. The molecule has 200 valence electrons. The maximum Gasteiger partial charge on any atom is 0.387 e. The number of imidazole rings is 1. The molecule has 0 saturated carbocycles. The van der Waals surface area contributed by atoms with E-state index in [4.69, 9.17) is 9.72 Å². The summed E-state index contributed by atoms with van der Waals surface area (Å²) in [5.41, 5.74) is 2.04. The first-order valence-corrected chi connectivity index (χ1v) is 15.0. The zero-order chi connectivity index (χ0) is 26.0. The average molecular weight is 552 g/mol. The molecule has 0 amide bonds. The molecule has 0 aliphatic carbocycles. The van der Waals surface area contributed by atoms with Gasteiger partial charge in [0, 0.05) is 31.0 Å². The molecule has 0 N–H and O–H groups in total. The number of piperidine rings is 1. The molecule has 0 radical (unpaired) electrons. The molecule has 2 aliphatic heterocycles. The standard InChI is InChI=1S/C26H31F2N3O4S2/c1-18-6-4-12-30(15-18)37(32,33)21-10-11-23-22(14-21)29-26(31(23)16-20-8-5-13-34-20)36-17-19-7-2-3-9-24(19)35-25(27)28/h2-3,7,9-11,14,18,20,25H,4-6,8,12-13,15-17H2,1H3/t18-,20+/m1/s1. The lowest BCUT2D eigenvalue weighted by Gasteiger charge is -2.30. The summed E-state index contributed by atoms with van der Waals surface area (Å²) in [6.07, 6.45) is 3.87. The SMILES string of the molecule is C[C@@H]1CCCN(S(=O)(=O)c2ccc3c(c2)nc(SCc2ccccc2OC(F)F)n3C[C@@H]2CCCO2)C1. The molecule has 2 aromatic carbocycles. The smallest absolute Gasteiger partial charge is 0.387 e. The highest BCUT2D eigenvalue weighted by atomic mass is 32.2. The lowest BCUT2D eigenvalue weighted by Crippen LogP contribution is -2.39. The van der Waals surface area contributed by atoms with E-state index >= 15 is 0 Å². The van der Waals surface area contributed by atoms with Crippen molar-refractivity contribution < 1.29 is 26.7 Å². The highest BCUT2D eigenvalue weighted by Crippen LogP contribution is 2.33. The minimum absolute atomic E-state index is 0.0458. The Labute approximate surface area is 220 Å². The van der Waals surface area contributed by atoms with Gasteiger partial charge in [0.25, 0.3) is 0 Å². The number of hydrogen-bond acceptors (Lipinski definition) is 6. The first kappa shape index (κ1) is 26.4. The number of benzene rings is 2. The van der Waals surface area contributed by atoms with Crippen molar-refractivity contribution in [3.63, 3.8) is 0 Å². The van der Waals surface area contributed by atoms with E-state index in [1.165, 1.54) is 17.8 Å². The summed E-state index contributed by atoms with van der Waals surface area (Å²) in [4.78, 5) is 5.03. The number of para-hydroxylation sites is 1. The van der Waals surface area contributed by atoms with Gasteiger partial charge in [0.1, 0.15) is 5.75 Å². The van der Waals surface area contributed by atoms with Gasteiger partial charge < -0.3 is 14.0 Å². The van der Waals surface area contributed by atoms with Crippen LogP contribution >= 0.6 is 11.8 Å². The predicted octanol–water partition coefficient (Wildman–Crippen LogP) is 5.53. The number of nitrogens with zero attached hydrogens (tertiary/aromatic N) is 3. The van der Waals surface area contributed by atoms with E-state index in [1.54, 1.807) is 34.6 Å². The van der Waals surface area contributed by atoms with Crippen molar-refractivity contribution in [2.24, 2.45) is 5.92 Å². The highest BCUT2D eigenvalue weighted by molar-refractivity contribution is 7.98. The molecular weight excluding hydrogens is 520 g/mol. The molecule has 2 atom stereocenters. The Hall–Kier alpha value is -2.21. The number of halogens is 2. The second-order valence-corrected chi connectivity index (χ2v) is 12.6. The monoisotopic (exact) mass is 551 g/mol. The molecule has 2 saturated heterocycles. The van der Waals surface area contributed by atoms with Crippen molar-refractivity contribution >= 4 is 32.8 Å². The van der Waals surface area contributed by atoms with Crippen molar-refractivity contribution in [1.82, 2.24) is 13.9 Å². The third kappa shape index (κ3) is 5.94. The number of rotatable bonds is 9. The van der Waals surface area contributed by atoms with Gasteiger partial charge in [-0.15, -0.1) is 0 Å². The van der Waals surface area contributed by atoms with Crippen LogP contribution in [0.15, 0.2) is 52.5 Å². The molecular formula is C26H31F2N3O4S2. The van der Waals surface area contributed by atoms with Gasteiger partial charge in [-0.3, -0.25) is 0 Å². The van der Waals surface area contributed by atoms with Crippen molar-refractivity contribution in [1.29, 1.82) is 0 Å². The first-order valence-electron chi connectivity index (χ1n) is 12.6. The van der Waals surface area contributed by atoms with E-state index in [1.807, 2.05) is 10.6 Å². The van der Waals surface area contributed by atoms with Crippen LogP contribution in [0.25, 0.3) is 11.0 Å². The topological polar surface area (TPSA) is 73.7 Å². The Morgan fingerprint density at radius 3 is 2.78 bits per heavy atom. The van der Waals surface area contributed by atoms with Crippen LogP contribution in [-0.2, 0) is 27.1 Å². The molecule has 3 aromatic rings. The fraction of sp³-hybridized carbons (Fsp3) is 0.500. The predicted molar refractivity (Wildman–Crippen MR) is 138 cm³/mol. The third-order valence-electron chi connectivity index (χ3n) is 6.90. The lowest BCUT2D eigenvalue weighted by atomic mass is 10.0. The van der Waals surface area contributed by atoms with E-state index in [2.05, 4.69) is 11.7 Å². The van der Waals surface area contributed by atoms with Gasteiger partial charge in [0.2, 0.25) is 10.0 Å². The first-order chi connectivity index (χ1) is 17.8. The van der Waals surface area contributed by atoms with Crippen LogP contribution < -0.4 is 4.74 Å². The highest BCUT2D eigenvalue weighted by Gasteiger charge is 2.29. The molecule has 7 nitrogen and oxygen atoms in total. The Morgan fingerprint density at radius 1 is 1.19 bits per heavy atom. The second-order valence-electron chi connectivity index (χ2n) is 9.68. The van der Waals surface area contributed by atoms with Crippen LogP contribution in [-0.4, -0.2) is 54.7 Å². The molecule has 11 heteroatoms. The van der Waals surface area contributed by atoms with Crippen LogP contribution in [0.2, 0.25) is 0 Å². The second kappa shape index (κ2) is 11.3. The molecule has 3 heterocycles. The quantitative estimate of drug-likeness (QED) is 0.326. The van der Waals surface area contributed by atoms with E-state index < -0.39 is 16.6 Å². The average Bonchev–Trinajstić information content (AvgIpc) is 3.51. The Kier molecular flexibility index (Phi) is 8.04. The number of ether oxygens (including phenoxy) is 2. The summed E-state index contributed by atoms with van der Waals surface area (Å²) in [5, 5.41) is 0.679. The Morgan fingerprint density at radius 2 is 2.03 bits per heavy atom. The number of thioether (sulfide) groups is 1. The summed E-state index contributed by atoms with van der Waals surface area (Å²) in [6, 6.07) is 11.8. The number of sulfonamides is 1. The fourth-order valence-corrected chi connectivity index (χ4v) is 7.65. The van der Waals surface area contributed by atoms with E-state index in [9.17, 15) is 17.2 Å². The van der Waals surface area contributed by atoms with Crippen LogP contribution in [0, 0.1) is 5.92 Å². The summed E-state index contributed by atoms with van der Waals surface area (Å²) >= 11 is 1.40. The van der Waals surface area contributed by atoms with Crippen molar-refractivity contribution in [2.75, 3.05) is 19.7 Å². The fourth-order valence-electron chi connectivity index (χ4n) is 5.02.